The molecule has 0 spiro atoms. The van der Waals surface area contributed by atoms with Crippen LogP contribution in [0, 0.1) is 31.1 Å². The van der Waals surface area contributed by atoms with E-state index in [0.717, 1.165) is 12.1 Å². The number of aryl methyl sites for hydroxylation is 2. The SMILES string of the molecule is CCO[C@H]1C[C@@H](S(=O)(=O)c2ccc(-c3c(C)noc3C)cc2C(F)(F)F)CC1C(=O)NC1(C#N)CC1. The largest absolute Gasteiger partial charge is 0.417 e. The molecule has 2 aliphatic carbocycles. The van der Waals surface area contributed by atoms with Crippen LogP contribution in [0.25, 0.3) is 11.1 Å². The van der Waals surface area contributed by atoms with E-state index in [2.05, 4.69) is 10.5 Å². The molecule has 1 aromatic heterocycles. The lowest BCUT2D eigenvalue weighted by atomic mass is 10.0. The smallest absolute Gasteiger partial charge is 0.378 e. The number of halogens is 3. The number of sulfone groups is 1. The molecule has 0 saturated heterocycles. The van der Waals surface area contributed by atoms with Crippen molar-refractivity contribution in [1.82, 2.24) is 10.5 Å². The average molecular weight is 526 g/mol. The molecule has 1 aromatic carbocycles. The Balaban J connectivity index is 1.69. The van der Waals surface area contributed by atoms with Gasteiger partial charge in [-0.05, 0) is 64.2 Å². The average Bonchev–Trinajstić information content (AvgIpc) is 3.31. The first-order valence-corrected chi connectivity index (χ1v) is 13.1. The van der Waals surface area contributed by atoms with Crippen LogP contribution in [0.1, 0.15) is 49.6 Å². The molecular formula is C24H26F3N3O5S. The van der Waals surface area contributed by atoms with E-state index in [4.69, 9.17) is 9.26 Å². The number of benzene rings is 1. The summed E-state index contributed by atoms with van der Waals surface area (Å²) in [5.41, 5.74) is -1.36. The number of aromatic nitrogens is 1. The Hall–Kier alpha value is -2.91. The summed E-state index contributed by atoms with van der Waals surface area (Å²) in [7, 11) is -4.49. The van der Waals surface area contributed by atoms with E-state index in [9.17, 15) is 31.6 Å². The number of ether oxygens (including phenoxy) is 1. The summed E-state index contributed by atoms with van der Waals surface area (Å²) >= 11 is 0. The van der Waals surface area contributed by atoms with Crippen LogP contribution in [0.15, 0.2) is 27.6 Å². The van der Waals surface area contributed by atoms with E-state index in [1.165, 1.54) is 6.07 Å². The van der Waals surface area contributed by atoms with E-state index in [1.807, 2.05) is 6.07 Å². The fraction of sp³-hybridized carbons (Fsp3) is 0.542. The number of alkyl halides is 3. The van der Waals surface area contributed by atoms with Crippen LogP contribution >= 0.6 is 0 Å². The van der Waals surface area contributed by atoms with Gasteiger partial charge in [0.25, 0.3) is 0 Å². The normalized spacial score (nSPS) is 23.3. The fourth-order valence-corrected chi connectivity index (χ4v) is 6.83. The van der Waals surface area contributed by atoms with Crippen molar-refractivity contribution >= 4 is 15.7 Å². The topological polar surface area (TPSA) is 122 Å². The molecule has 8 nitrogen and oxygen atoms in total. The number of nitriles is 1. The maximum atomic E-state index is 14.1. The van der Waals surface area contributed by atoms with Gasteiger partial charge in [-0.25, -0.2) is 8.42 Å². The molecule has 0 bridgehead atoms. The third-order valence-corrected chi connectivity index (χ3v) is 9.09. The number of rotatable bonds is 7. The van der Waals surface area contributed by atoms with Gasteiger partial charge < -0.3 is 14.6 Å². The van der Waals surface area contributed by atoms with Crippen molar-refractivity contribution in [2.75, 3.05) is 6.61 Å². The van der Waals surface area contributed by atoms with Gasteiger partial charge in [-0.15, -0.1) is 0 Å². The zero-order chi connectivity index (χ0) is 26.5. The van der Waals surface area contributed by atoms with Crippen molar-refractivity contribution in [3.63, 3.8) is 0 Å². The second-order valence-electron chi connectivity index (χ2n) is 9.33. The molecule has 1 heterocycles. The summed E-state index contributed by atoms with van der Waals surface area (Å²) in [6, 6.07) is 5.10. The number of hydrogen-bond acceptors (Lipinski definition) is 7. The predicted octanol–water partition coefficient (Wildman–Crippen LogP) is 4.11. The van der Waals surface area contributed by atoms with Crippen LogP contribution in [-0.4, -0.2) is 43.0 Å². The van der Waals surface area contributed by atoms with Crippen LogP contribution in [0.2, 0.25) is 0 Å². The summed E-state index contributed by atoms with van der Waals surface area (Å²) in [5.74, 6) is -1.10. The van der Waals surface area contributed by atoms with Crippen LogP contribution in [0.5, 0.6) is 0 Å². The number of carbonyl (C=O) groups is 1. The number of nitrogens with one attached hydrogen (secondary N) is 1. The van der Waals surface area contributed by atoms with E-state index in [1.54, 1.807) is 20.8 Å². The number of nitrogens with zero attached hydrogens (tertiary/aromatic N) is 2. The van der Waals surface area contributed by atoms with E-state index >= 15 is 0 Å². The summed E-state index contributed by atoms with van der Waals surface area (Å²) in [4.78, 5) is 12.0. The third-order valence-electron chi connectivity index (χ3n) is 6.86. The molecule has 2 saturated carbocycles. The standard InChI is InChI=1S/C24H26F3N3O5S/c1-4-34-19-11-16(10-17(19)22(31)29-23(12-28)7-8-23)36(32,33)20-6-5-15(9-18(20)24(25,26)27)21-13(2)30-35-14(21)3/h5-6,9,16-17,19H,4,7-8,10-11H2,1-3H3,(H,29,31)/t16-,17?,19-/m0/s1. The van der Waals surface area contributed by atoms with Crippen molar-refractivity contribution in [3.05, 3.63) is 35.2 Å². The molecule has 1 N–H and O–H groups in total. The van der Waals surface area contributed by atoms with Crippen LogP contribution in [-0.2, 0) is 25.5 Å². The molecule has 2 aromatic rings. The van der Waals surface area contributed by atoms with Gasteiger partial charge in [-0.3, -0.25) is 4.79 Å². The second kappa shape index (κ2) is 9.19. The first kappa shape index (κ1) is 26.2. The number of hydrogen-bond donors (Lipinski definition) is 1. The van der Waals surface area contributed by atoms with Crippen molar-refractivity contribution in [1.29, 1.82) is 5.26 Å². The summed E-state index contributed by atoms with van der Waals surface area (Å²) in [6.45, 7) is 5.02. The Morgan fingerprint density at radius 2 is 2.00 bits per heavy atom. The molecule has 0 radical (unpaired) electrons. The van der Waals surface area contributed by atoms with Crippen molar-refractivity contribution in [2.45, 2.75) is 74.4 Å². The van der Waals surface area contributed by atoms with Crippen molar-refractivity contribution < 1.29 is 35.6 Å². The molecule has 1 amide bonds. The highest BCUT2D eigenvalue weighted by molar-refractivity contribution is 7.92. The lowest BCUT2D eigenvalue weighted by molar-refractivity contribution is -0.139. The predicted molar refractivity (Wildman–Crippen MR) is 121 cm³/mol. The molecular weight excluding hydrogens is 499 g/mol. The van der Waals surface area contributed by atoms with Gasteiger partial charge in [0.05, 0.1) is 39.5 Å². The zero-order valence-corrected chi connectivity index (χ0v) is 20.8. The van der Waals surface area contributed by atoms with Crippen molar-refractivity contribution in [3.8, 4) is 17.2 Å². The van der Waals surface area contributed by atoms with Gasteiger partial charge in [0, 0.05) is 12.2 Å². The first-order chi connectivity index (χ1) is 16.8. The first-order valence-electron chi connectivity index (χ1n) is 11.6. The quantitative estimate of drug-likeness (QED) is 0.577. The molecule has 1 unspecified atom stereocenters. The molecule has 12 heteroatoms. The molecule has 194 valence electrons. The van der Waals surface area contributed by atoms with Gasteiger partial charge >= 0.3 is 6.18 Å². The molecule has 4 rings (SSSR count). The fourth-order valence-electron chi connectivity index (χ4n) is 4.83. The highest BCUT2D eigenvalue weighted by atomic mass is 32.2. The Kier molecular flexibility index (Phi) is 6.68. The van der Waals surface area contributed by atoms with Gasteiger partial charge in [-0.1, -0.05) is 11.2 Å². The minimum absolute atomic E-state index is 0.128. The van der Waals surface area contributed by atoms with E-state index in [0.29, 0.717) is 29.9 Å². The molecule has 0 aliphatic heterocycles. The number of carbonyl (C=O) groups excluding carboxylic acids is 1. The maximum Gasteiger partial charge on any atom is 0.417 e. The second-order valence-corrected chi connectivity index (χ2v) is 11.5. The van der Waals surface area contributed by atoms with Gasteiger partial charge in [0.15, 0.2) is 9.84 Å². The van der Waals surface area contributed by atoms with Crippen LogP contribution in [0.4, 0.5) is 13.2 Å². The Labute approximate surface area is 206 Å². The monoisotopic (exact) mass is 525 g/mol. The van der Waals surface area contributed by atoms with Crippen LogP contribution < -0.4 is 5.32 Å². The zero-order valence-electron chi connectivity index (χ0n) is 20.0. The minimum Gasteiger partial charge on any atom is -0.378 e. The summed E-state index contributed by atoms with van der Waals surface area (Å²) < 4.78 is 80.0. The Bertz CT molecular complexity index is 1310. The third kappa shape index (κ3) is 4.74. The van der Waals surface area contributed by atoms with E-state index < -0.39 is 55.2 Å². The molecule has 2 aliphatic rings. The highest BCUT2D eigenvalue weighted by Gasteiger charge is 2.51. The molecule has 3 atom stereocenters. The van der Waals surface area contributed by atoms with Gasteiger partial charge in [0.2, 0.25) is 5.91 Å². The van der Waals surface area contributed by atoms with Gasteiger partial charge in [-0.2, -0.15) is 18.4 Å². The maximum absolute atomic E-state index is 14.1. The lowest BCUT2D eigenvalue weighted by Crippen LogP contribution is -2.42. The minimum atomic E-state index is -4.95. The summed E-state index contributed by atoms with van der Waals surface area (Å²) in [6.07, 6.45) is -5.08. The summed E-state index contributed by atoms with van der Waals surface area (Å²) in [5, 5.41) is 14.4. The number of amides is 1. The van der Waals surface area contributed by atoms with Crippen molar-refractivity contribution in [2.24, 2.45) is 5.92 Å². The highest BCUT2D eigenvalue weighted by Crippen LogP contribution is 2.43. The molecule has 2 fully saturated rings. The Morgan fingerprint density at radius 1 is 1.31 bits per heavy atom. The van der Waals surface area contributed by atoms with Gasteiger partial charge in [0.1, 0.15) is 11.3 Å². The van der Waals surface area contributed by atoms with Crippen LogP contribution in [0.3, 0.4) is 0 Å². The van der Waals surface area contributed by atoms with E-state index in [-0.39, 0.29) is 25.0 Å². The Morgan fingerprint density at radius 3 is 2.53 bits per heavy atom. The lowest BCUT2D eigenvalue weighted by Gasteiger charge is -2.20. The molecule has 36 heavy (non-hydrogen) atoms.